The van der Waals surface area contributed by atoms with Crippen molar-refractivity contribution in [1.29, 1.82) is 0 Å². The van der Waals surface area contributed by atoms with Crippen molar-refractivity contribution in [2.24, 2.45) is 4.99 Å². The van der Waals surface area contributed by atoms with E-state index in [1.807, 2.05) is 6.92 Å². The van der Waals surface area contributed by atoms with E-state index in [0.29, 0.717) is 0 Å². The molecule has 1 aromatic carbocycles. The zero-order valence-corrected chi connectivity index (χ0v) is 15.9. The number of rotatable bonds is 5. The van der Waals surface area contributed by atoms with Gasteiger partial charge in [-0.05, 0) is 31.4 Å². The number of hydrogen-bond donors (Lipinski definition) is 1. The minimum Gasteiger partial charge on any atom is -0.357 e. The highest BCUT2D eigenvalue weighted by Crippen LogP contribution is 2.22. The van der Waals surface area contributed by atoms with Crippen LogP contribution in [-0.2, 0) is 6.42 Å². The van der Waals surface area contributed by atoms with Gasteiger partial charge in [-0.1, -0.05) is 36.4 Å². The van der Waals surface area contributed by atoms with Crippen LogP contribution in [0, 0.1) is 6.92 Å². The Bertz CT molecular complexity index is 733. The quantitative estimate of drug-likeness (QED) is 0.657. The van der Waals surface area contributed by atoms with Crippen molar-refractivity contribution in [3.63, 3.8) is 0 Å². The highest BCUT2D eigenvalue weighted by Gasteiger charge is 2.16. The summed E-state index contributed by atoms with van der Waals surface area (Å²) in [5.74, 6) is 1.01. The third kappa shape index (κ3) is 4.92. The monoisotopic (exact) mass is 354 g/mol. The van der Waals surface area contributed by atoms with Crippen LogP contribution in [0.2, 0.25) is 0 Å². The maximum atomic E-state index is 4.81. The van der Waals surface area contributed by atoms with Crippen LogP contribution in [0.15, 0.2) is 46.8 Å². The number of benzene rings is 1. The van der Waals surface area contributed by atoms with Crippen molar-refractivity contribution in [2.45, 2.75) is 26.7 Å². The van der Waals surface area contributed by atoms with Gasteiger partial charge in [-0.15, -0.1) is 11.3 Å². The van der Waals surface area contributed by atoms with Crippen molar-refractivity contribution in [3.8, 4) is 0 Å². The second kappa shape index (κ2) is 8.81. The predicted molar refractivity (Wildman–Crippen MR) is 107 cm³/mol. The van der Waals surface area contributed by atoms with Crippen LogP contribution in [0.25, 0.3) is 5.57 Å². The Morgan fingerprint density at radius 3 is 2.80 bits per heavy atom. The summed E-state index contributed by atoms with van der Waals surface area (Å²) in [6.07, 6.45) is 4.29. The SMILES string of the molecule is CCNC(=NCCc1csc(C)n1)N1CC=C(c2ccccc2)CC1. The van der Waals surface area contributed by atoms with E-state index in [1.54, 1.807) is 11.3 Å². The molecular weight excluding hydrogens is 328 g/mol. The second-order valence-electron chi connectivity index (χ2n) is 6.13. The minimum absolute atomic E-state index is 0.775. The number of aromatic nitrogens is 1. The number of nitrogens with one attached hydrogen (secondary N) is 1. The first-order chi connectivity index (χ1) is 12.3. The van der Waals surface area contributed by atoms with E-state index >= 15 is 0 Å². The van der Waals surface area contributed by atoms with Gasteiger partial charge in [0.05, 0.1) is 10.7 Å². The summed E-state index contributed by atoms with van der Waals surface area (Å²) in [4.78, 5) is 11.7. The van der Waals surface area contributed by atoms with Gasteiger partial charge in [-0.2, -0.15) is 0 Å². The fourth-order valence-electron chi connectivity index (χ4n) is 3.00. The van der Waals surface area contributed by atoms with Crippen LogP contribution < -0.4 is 5.32 Å². The first kappa shape index (κ1) is 17.7. The fourth-order valence-corrected chi connectivity index (χ4v) is 3.65. The van der Waals surface area contributed by atoms with Crippen LogP contribution in [0.1, 0.15) is 29.6 Å². The highest BCUT2D eigenvalue weighted by atomic mass is 32.1. The Morgan fingerprint density at radius 1 is 1.32 bits per heavy atom. The molecule has 132 valence electrons. The molecule has 1 N–H and O–H groups in total. The van der Waals surface area contributed by atoms with E-state index in [4.69, 9.17) is 4.99 Å². The summed E-state index contributed by atoms with van der Waals surface area (Å²) in [6, 6.07) is 10.7. The number of aliphatic imine (C=N–C) groups is 1. The smallest absolute Gasteiger partial charge is 0.194 e. The normalized spacial score (nSPS) is 15.2. The van der Waals surface area contributed by atoms with Crippen molar-refractivity contribution in [2.75, 3.05) is 26.2 Å². The summed E-state index contributed by atoms with van der Waals surface area (Å²) < 4.78 is 0. The third-order valence-electron chi connectivity index (χ3n) is 4.28. The van der Waals surface area contributed by atoms with Crippen molar-refractivity contribution in [3.05, 3.63) is 58.1 Å². The van der Waals surface area contributed by atoms with Crippen LogP contribution in [0.3, 0.4) is 0 Å². The first-order valence-corrected chi connectivity index (χ1v) is 9.83. The lowest BCUT2D eigenvalue weighted by Gasteiger charge is -2.29. The molecule has 0 fully saturated rings. The average molecular weight is 355 g/mol. The molecule has 25 heavy (non-hydrogen) atoms. The van der Waals surface area contributed by atoms with Crippen LogP contribution in [-0.4, -0.2) is 42.0 Å². The molecule has 1 aliphatic heterocycles. The van der Waals surface area contributed by atoms with Gasteiger partial charge in [0, 0.05) is 38.0 Å². The standard InChI is InChI=1S/C20H26N4S/c1-3-21-20(22-12-9-19-15-25-16(2)23-19)24-13-10-18(11-14-24)17-7-5-4-6-8-17/h4-8,10,15H,3,9,11-14H2,1-2H3,(H,21,22). The lowest BCUT2D eigenvalue weighted by atomic mass is 10.00. The lowest BCUT2D eigenvalue weighted by Crippen LogP contribution is -2.43. The molecule has 0 saturated carbocycles. The topological polar surface area (TPSA) is 40.5 Å². The number of aryl methyl sites for hydroxylation is 1. The average Bonchev–Trinajstić information content (AvgIpc) is 3.07. The molecule has 0 aliphatic carbocycles. The predicted octanol–water partition coefficient (Wildman–Crippen LogP) is 3.75. The summed E-state index contributed by atoms with van der Waals surface area (Å²) in [5, 5.41) is 6.69. The molecule has 0 atom stereocenters. The van der Waals surface area contributed by atoms with Crippen molar-refractivity contribution in [1.82, 2.24) is 15.2 Å². The number of thiazole rings is 1. The maximum Gasteiger partial charge on any atom is 0.194 e. The molecule has 3 rings (SSSR count). The Balaban J connectivity index is 1.61. The van der Waals surface area contributed by atoms with Gasteiger partial charge >= 0.3 is 0 Å². The summed E-state index contributed by atoms with van der Waals surface area (Å²) >= 11 is 1.71. The van der Waals surface area contributed by atoms with E-state index in [2.05, 4.69) is 63.9 Å². The molecule has 0 bridgehead atoms. The zero-order valence-electron chi connectivity index (χ0n) is 15.0. The fraction of sp³-hybridized carbons (Fsp3) is 0.400. The van der Waals surface area contributed by atoms with Gasteiger partial charge in [0.15, 0.2) is 5.96 Å². The molecule has 2 aromatic rings. The molecule has 0 radical (unpaired) electrons. The molecule has 0 saturated heterocycles. The summed E-state index contributed by atoms with van der Waals surface area (Å²) in [6.45, 7) is 7.74. The van der Waals surface area contributed by atoms with Crippen LogP contribution in [0.5, 0.6) is 0 Å². The van der Waals surface area contributed by atoms with Crippen molar-refractivity contribution >= 4 is 22.9 Å². The van der Waals surface area contributed by atoms with Crippen LogP contribution >= 0.6 is 11.3 Å². The number of hydrogen-bond acceptors (Lipinski definition) is 3. The second-order valence-corrected chi connectivity index (χ2v) is 7.20. The Morgan fingerprint density at radius 2 is 2.16 bits per heavy atom. The molecule has 2 heterocycles. The Kier molecular flexibility index (Phi) is 6.23. The van der Waals surface area contributed by atoms with E-state index in [1.165, 1.54) is 11.1 Å². The number of guanidine groups is 1. The third-order valence-corrected chi connectivity index (χ3v) is 5.11. The van der Waals surface area contributed by atoms with E-state index in [9.17, 15) is 0 Å². The first-order valence-electron chi connectivity index (χ1n) is 8.95. The number of nitrogens with zero attached hydrogens (tertiary/aromatic N) is 3. The Hall–Kier alpha value is -2.14. The minimum atomic E-state index is 0.775. The summed E-state index contributed by atoms with van der Waals surface area (Å²) in [5.41, 5.74) is 3.92. The molecule has 4 nitrogen and oxygen atoms in total. The Labute approximate surface area is 154 Å². The van der Waals surface area contributed by atoms with Gasteiger partial charge in [0.1, 0.15) is 0 Å². The van der Waals surface area contributed by atoms with E-state index in [-0.39, 0.29) is 0 Å². The van der Waals surface area contributed by atoms with Gasteiger partial charge in [-0.25, -0.2) is 4.98 Å². The van der Waals surface area contributed by atoms with Gasteiger partial charge in [0.25, 0.3) is 0 Å². The van der Waals surface area contributed by atoms with E-state index < -0.39 is 0 Å². The highest BCUT2D eigenvalue weighted by molar-refractivity contribution is 7.09. The van der Waals surface area contributed by atoms with Gasteiger partial charge in [-0.3, -0.25) is 4.99 Å². The maximum absolute atomic E-state index is 4.81. The lowest BCUT2D eigenvalue weighted by molar-refractivity contribution is 0.440. The van der Waals surface area contributed by atoms with Gasteiger partial charge in [0.2, 0.25) is 0 Å². The molecule has 5 heteroatoms. The molecule has 1 aromatic heterocycles. The molecule has 0 amide bonds. The molecule has 0 unspecified atom stereocenters. The van der Waals surface area contributed by atoms with Crippen molar-refractivity contribution < 1.29 is 0 Å². The summed E-state index contributed by atoms with van der Waals surface area (Å²) in [7, 11) is 0. The van der Waals surface area contributed by atoms with Crippen LogP contribution in [0.4, 0.5) is 0 Å². The van der Waals surface area contributed by atoms with E-state index in [0.717, 1.165) is 55.7 Å². The molecular formula is C20H26N4S. The molecule has 1 aliphatic rings. The molecule has 0 spiro atoms. The largest absolute Gasteiger partial charge is 0.357 e. The zero-order chi connectivity index (χ0) is 17.5. The van der Waals surface area contributed by atoms with Gasteiger partial charge < -0.3 is 10.2 Å².